The van der Waals surface area contributed by atoms with E-state index in [9.17, 15) is 9.59 Å². The number of ether oxygens (including phenoxy) is 1. The quantitative estimate of drug-likeness (QED) is 0.394. The number of likely N-dealkylation sites (tertiary alicyclic amines) is 1. The lowest BCUT2D eigenvalue weighted by atomic mass is 9.89. The number of nitrogens with zero attached hydrogens (tertiary/aromatic N) is 1. The van der Waals surface area contributed by atoms with E-state index in [2.05, 4.69) is 6.92 Å². The predicted octanol–water partition coefficient (Wildman–Crippen LogP) is 0.344. The van der Waals surface area contributed by atoms with Gasteiger partial charge in [0.15, 0.2) is 5.92 Å². The molecule has 15 heavy (non-hydrogen) atoms. The zero-order chi connectivity index (χ0) is 11.4. The van der Waals surface area contributed by atoms with Crippen molar-refractivity contribution >= 4 is 11.9 Å². The van der Waals surface area contributed by atoms with Crippen molar-refractivity contribution in [1.29, 1.82) is 0 Å². The van der Waals surface area contributed by atoms with Gasteiger partial charge in [0.05, 0.1) is 12.6 Å². The van der Waals surface area contributed by atoms with Gasteiger partial charge in [0.25, 0.3) is 0 Å². The summed E-state index contributed by atoms with van der Waals surface area (Å²) in [6.07, 6.45) is 2.00. The predicted molar refractivity (Wildman–Crippen MR) is 53.4 cm³/mol. The number of carbonyl (C=O) groups excluding carboxylic acids is 1. The topological polar surface area (TPSA) is 66.8 Å². The summed E-state index contributed by atoms with van der Waals surface area (Å²) in [7, 11) is 1.61. The Balaban J connectivity index is 2.34. The molecule has 5 heteroatoms. The molecule has 0 saturated carbocycles. The van der Waals surface area contributed by atoms with Gasteiger partial charge in [0.1, 0.15) is 0 Å². The lowest BCUT2D eigenvalue weighted by molar-refractivity contribution is -0.170. The van der Waals surface area contributed by atoms with E-state index in [1.807, 2.05) is 0 Å². The molecule has 0 unspecified atom stereocenters. The molecule has 2 atom stereocenters. The molecule has 1 amide bonds. The second-order valence-corrected chi connectivity index (χ2v) is 3.76. The molecular formula is C10H17NO4. The van der Waals surface area contributed by atoms with Crippen molar-refractivity contribution in [1.82, 2.24) is 4.90 Å². The number of aliphatic carboxylic acids is 1. The zero-order valence-corrected chi connectivity index (χ0v) is 9.10. The Morgan fingerprint density at radius 1 is 1.60 bits per heavy atom. The molecule has 1 saturated heterocycles. The minimum Gasteiger partial charge on any atom is -0.481 e. The van der Waals surface area contributed by atoms with Crippen LogP contribution in [-0.2, 0) is 14.3 Å². The van der Waals surface area contributed by atoms with Crippen LogP contribution >= 0.6 is 0 Å². The van der Waals surface area contributed by atoms with Crippen LogP contribution < -0.4 is 0 Å². The molecule has 0 radical (unpaired) electrons. The van der Waals surface area contributed by atoms with Crippen LogP contribution in [0.4, 0.5) is 0 Å². The highest BCUT2D eigenvalue weighted by molar-refractivity contribution is 6.02. The van der Waals surface area contributed by atoms with E-state index in [4.69, 9.17) is 9.84 Å². The van der Waals surface area contributed by atoms with Gasteiger partial charge in [0.2, 0.25) is 5.91 Å². The summed E-state index contributed by atoms with van der Waals surface area (Å²) >= 11 is 0. The fraction of sp³-hybridized carbons (Fsp3) is 0.800. The van der Waals surface area contributed by atoms with Gasteiger partial charge in [-0.2, -0.15) is 0 Å². The second kappa shape index (κ2) is 5.11. The number of hydrogen-bond donors (Lipinski definition) is 1. The highest BCUT2D eigenvalue weighted by Gasteiger charge is 2.49. The van der Waals surface area contributed by atoms with Crippen molar-refractivity contribution in [3.05, 3.63) is 0 Å². The van der Waals surface area contributed by atoms with Gasteiger partial charge in [-0.05, 0) is 6.42 Å². The van der Waals surface area contributed by atoms with Crippen molar-refractivity contribution in [3.63, 3.8) is 0 Å². The summed E-state index contributed by atoms with van der Waals surface area (Å²) in [6.45, 7) is 3.00. The first kappa shape index (κ1) is 12.0. The fourth-order valence-electron chi connectivity index (χ4n) is 1.62. The Hall–Kier alpha value is -1.10. The monoisotopic (exact) mass is 215 g/mol. The number of likely N-dealkylation sites (N-methyl/N-ethyl adjacent to an activating group) is 1. The van der Waals surface area contributed by atoms with Crippen LogP contribution in [0.15, 0.2) is 0 Å². The average Bonchev–Trinajstić information content (AvgIpc) is 2.20. The number of hydrogen-bond acceptors (Lipinski definition) is 3. The van der Waals surface area contributed by atoms with Crippen molar-refractivity contribution in [3.8, 4) is 0 Å². The van der Waals surface area contributed by atoms with Crippen LogP contribution in [0, 0.1) is 5.92 Å². The standard InChI is InChI=1S/C10H17NO4/c1-3-4-5-15-6-7-8(10(13)14)9(12)11(7)2/h7-8H,3-6H2,1-2H3,(H,13,14)/t7-,8-/m0/s1. The number of rotatable bonds is 6. The third kappa shape index (κ3) is 2.47. The van der Waals surface area contributed by atoms with E-state index >= 15 is 0 Å². The fourth-order valence-corrected chi connectivity index (χ4v) is 1.62. The SMILES string of the molecule is CCCCOC[C@H]1[C@H](C(=O)O)C(=O)N1C. The molecule has 1 heterocycles. The minimum absolute atomic E-state index is 0.299. The Morgan fingerprint density at radius 3 is 2.80 bits per heavy atom. The largest absolute Gasteiger partial charge is 0.481 e. The number of carbonyl (C=O) groups is 2. The summed E-state index contributed by atoms with van der Waals surface area (Å²) in [5, 5.41) is 8.79. The summed E-state index contributed by atoms with van der Waals surface area (Å²) in [5.41, 5.74) is 0. The summed E-state index contributed by atoms with van der Waals surface area (Å²) in [6, 6.07) is -0.299. The van der Waals surface area contributed by atoms with Gasteiger partial charge in [-0.3, -0.25) is 9.59 Å². The summed E-state index contributed by atoms with van der Waals surface area (Å²) in [5.74, 6) is -2.29. The molecule has 0 aliphatic carbocycles. The number of β-lactam (4-membered cyclic amide) rings is 1. The van der Waals surface area contributed by atoms with Gasteiger partial charge >= 0.3 is 5.97 Å². The van der Waals surface area contributed by atoms with Crippen LogP contribution in [0.5, 0.6) is 0 Å². The van der Waals surface area contributed by atoms with E-state index in [-0.39, 0.29) is 11.9 Å². The van der Waals surface area contributed by atoms with Crippen molar-refractivity contribution in [2.75, 3.05) is 20.3 Å². The number of unbranched alkanes of at least 4 members (excludes halogenated alkanes) is 1. The Labute approximate surface area is 89.0 Å². The maximum Gasteiger partial charge on any atom is 0.318 e. The average molecular weight is 215 g/mol. The molecule has 0 spiro atoms. The van der Waals surface area contributed by atoms with Crippen molar-refractivity contribution in [2.24, 2.45) is 5.92 Å². The first-order valence-corrected chi connectivity index (χ1v) is 5.16. The highest BCUT2D eigenvalue weighted by atomic mass is 16.5. The lowest BCUT2D eigenvalue weighted by Gasteiger charge is -2.42. The van der Waals surface area contributed by atoms with Crippen molar-refractivity contribution in [2.45, 2.75) is 25.8 Å². The smallest absolute Gasteiger partial charge is 0.318 e. The number of carboxylic acids is 1. The van der Waals surface area contributed by atoms with E-state index in [0.29, 0.717) is 13.2 Å². The van der Waals surface area contributed by atoms with Crippen LogP contribution in [0.25, 0.3) is 0 Å². The van der Waals surface area contributed by atoms with Gasteiger partial charge < -0.3 is 14.7 Å². The van der Waals surface area contributed by atoms with Crippen LogP contribution in [0.3, 0.4) is 0 Å². The molecule has 5 nitrogen and oxygen atoms in total. The molecule has 0 bridgehead atoms. The Kier molecular flexibility index (Phi) is 4.08. The van der Waals surface area contributed by atoms with Crippen molar-refractivity contribution < 1.29 is 19.4 Å². The van der Waals surface area contributed by atoms with Gasteiger partial charge in [-0.1, -0.05) is 13.3 Å². The molecule has 0 aromatic rings. The van der Waals surface area contributed by atoms with Gasteiger partial charge in [0, 0.05) is 13.7 Å². The molecule has 1 aliphatic heterocycles. The van der Waals surface area contributed by atoms with Crippen LogP contribution in [0.1, 0.15) is 19.8 Å². The molecule has 1 N–H and O–H groups in total. The number of carboxylic acid groups (broad SMARTS) is 1. The van der Waals surface area contributed by atoms with Crippen LogP contribution in [0.2, 0.25) is 0 Å². The first-order chi connectivity index (χ1) is 7.09. The summed E-state index contributed by atoms with van der Waals surface area (Å²) < 4.78 is 5.32. The van der Waals surface area contributed by atoms with E-state index < -0.39 is 11.9 Å². The maximum absolute atomic E-state index is 11.2. The Morgan fingerprint density at radius 2 is 2.27 bits per heavy atom. The minimum atomic E-state index is -1.05. The zero-order valence-electron chi connectivity index (χ0n) is 9.10. The third-order valence-corrected chi connectivity index (χ3v) is 2.69. The van der Waals surface area contributed by atoms with Gasteiger partial charge in [-0.25, -0.2) is 0 Å². The second-order valence-electron chi connectivity index (χ2n) is 3.76. The van der Waals surface area contributed by atoms with Gasteiger partial charge in [-0.15, -0.1) is 0 Å². The number of amides is 1. The summed E-state index contributed by atoms with van der Waals surface area (Å²) in [4.78, 5) is 23.4. The van der Waals surface area contributed by atoms with E-state index in [0.717, 1.165) is 12.8 Å². The lowest BCUT2D eigenvalue weighted by Crippen LogP contribution is -2.63. The molecule has 1 fully saturated rings. The first-order valence-electron chi connectivity index (χ1n) is 5.16. The normalized spacial score (nSPS) is 25.2. The molecule has 1 rings (SSSR count). The third-order valence-electron chi connectivity index (χ3n) is 2.69. The molecular weight excluding hydrogens is 198 g/mol. The molecule has 86 valence electrons. The van der Waals surface area contributed by atoms with E-state index in [1.165, 1.54) is 4.90 Å². The molecule has 0 aromatic carbocycles. The molecule has 0 aromatic heterocycles. The van der Waals surface area contributed by atoms with Crippen LogP contribution in [-0.4, -0.2) is 48.2 Å². The molecule has 1 aliphatic rings. The van der Waals surface area contributed by atoms with E-state index in [1.54, 1.807) is 7.05 Å². The maximum atomic E-state index is 11.2. The Bertz CT molecular complexity index is 254. The highest BCUT2D eigenvalue weighted by Crippen LogP contribution is 2.25.